The molecule has 1 aliphatic rings. The van der Waals surface area contributed by atoms with Crippen LogP contribution in [-0.4, -0.2) is 32.7 Å². The third-order valence-corrected chi connectivity index (χ3v) is 5.28. The van der Waals surface area contributed by atoms with Crippen molar-refractivity contribution in [3.63, 3.8) is 0 Å². The zero-order valence-corrected chi connectivity index (χ0v) is 14.3. The van der Waals surface area contributed by atoms with E-state index in [9.17, 15) is 9.18 Å². The van der Waals surface area contributed by atoms with Crippen molar-refractivity contribution in [3.8, 4) is 0 Å². The van der Waals surface area contributed by atoms with E-state index < -0.39 is 0 Å². The molecule has 2 aromatic rings. The van der Waals surface area contributed by atoms with Crippen LogP contribution in [0.2, 0.25) is 5.02 Å². The number of nitrogens with two attached hydrogens (primary N) is 1. The summed E-state index contributed by atoms with van der Waals surface area (Å²) in [5.74, 6) is -0.509. The van der Waals surface area contributed by atoms with Gasteiger partial charge in [0.15, 0.2) is 5.82 Å². The molecule has 112 valence electrons. The molecule has 1 amide bonds. The van der Waals surface area contributed by atoms with Crippen LogP contribution >= 0.6 is 34.5 Å². The summed E-state index contributed by atoms with van der Waals surface area (Å²) in [5.41, 5.74) is 7.07. The van der Waals surface area contributed by atoms with Crippen LogP contribution in [0.25, 0.3) is 10.9 Å². The standard InChI is InChI=1S/C14H14ClFIN3O/c1-7-10(15)4-8-5-11(20(17)13(8)12(7)16)14(21)19-3-2-9(18)6-19/h4-5,9H,2-3,6,18H2,1H3/t9-/m1/s1. The molecule has 1 saturated heterocycles. The summed E-state index contributed by atoms with van der Waals surface area (Å²) in [6, 6.07) is 3.40. The van der Waals surface area contributed by atoms with E-state index in [0.29, 0.717) is 40.3 Å². The molecule has 2 N–H and O–H groups in total. The van der Waals surface area contributed by atoms with Crippen LogP contribution in [-0.2, 0) is 0 Å². The monoisotopic (exact) mass is 421 g/mol. The van der Waals surface area contributed by atoms with Crippen LogP contribution in [0.4, 0.5) is 4.39 Å². The molecule has 1 aromatic heterocycles. The minimum atomic E-state index is -0.385. The molecular formula is C14H14ClFIN3O. The first-order valence-electron chi connectivity index (χ1n) is 6.61. The second-order valence-electron chi connectivity index (χ2n) is 5.35. The maximum atomic E-state index is 14.4. The highest BCUT2D eigenvalue weighted by molar-refractivity contribution is 14.1. The predicted molar refractivity (Wildman–Crippen MR) is 89.6 cm³/mol. The molecule has 1 fully saturated rings. The molecule has 21 heavy (non-hydrogen) atoms. The van der Waals surface area contributed by atoms with E-state index >= 15 is 0 Å². The van der Waals surface area contributed by atoms with Gasteiger partial charge in [-0.1, -0.05) is 11.6 Å². The summed E-state index contributed by atoms with van der Waals surface area (Å²) in [6.45, 7) is 2.81. The van der Waals surface area contributed by atoms with Crippen LogP contribution in [0.3, 0.4) is 0 Å². The van der Waals surface area contributed by atoms with Gasteiger partial charge in [0.25, 0.3) is 5.91 Å². The first-order chi connectivity index (χ1) is 9.90. The van der Waals surface area contributed by atoms with E-state index in [0.717, 1.165) is 6.42 Å². The number of carbonyl (C=O) groups excluding carboxylic acids is 1. The highest BCUT2D eigenvalue weighted by Gasteiger charge is 2.28. The Morgan fingerprint density at radius 3 is 2.86 bits per heavy atom. The zero-order chi connectivity index (χ0) is 15.3. The van der Waals surface area contributed by atoms with Gasteiger partial charge in [-0.05, 0) is 25.5 Å². The zero-order valence-electron chi connectivity index (χ0n) is 11.4. The van der Waals surface area contributed by atoms with E-state index in [2.05, 4.69) is 0 Å². The second kappa shape index (κ2) is 5.40. The van der Waals surface area contributed by atoms with E-state index in [-0.39, 0.29) is 17.8 Å². The fourth-order valence-electron chi connectivity index (χ4n) is 2.64. The smallest absolute Gasteiger partial charge is 0.271 e. The molecule has 4 nitrogen and oxygen atoms in total. The first kappa shape index (κ1) is 15.1. The number of fused-ring (bicyclic) bond motifs is 1. The number of halogens is 3. The molecular weight excluding hydrogens is 408 g/mol. The minimum absolute atomic E-state index is 0.0226. The van der Waals surface area contributed by atoms with E-state index in [4.69, 9.17) is 17.3 Å². The summed E-state index contributed by atoms with van der Waals surface area (Å²) < 4.78 is 15.9. The van der Waals surface area contributed by atoms with Gasteiger partial charge in [0.1, 0.15) is 5.69 Å². The Balaban J connectivity index is 2.10. The Kier molecular flexibility index (Phi) is 3.87. The van der Waals surface area contributed by atoms with Gasteiger partial charge in [-0.25, -0.2) is 4.39 Å². The second-order valence-corrected chi connectivity index (χ2v) is 6.72. The molecule has 0 saturated carbocycles. The lowest BCUT2D eigenvalue weighted by atomic mass is 10.1. The van der Waals surface area contributed by atoms with Crippen molar-refractivity contribution in [2.75, 3.05) is 13.1 Å². The fourth-order valence-corrected chi connectivity index (χ4v) is 3.67. The third kappa shape index (κ3) is 2.43. The highest BCUT2D eigenvalue weighted by atomic mass is 127. The molecule has 1 aliphatic heterocycles. The molecule has 3 rings (SSSR count). The number of hydrogen-bond acceptors (Lipinski definition) is 2. The highest BCUT2D eigenvalue weighted by Crippen LogP contribution is 2.32. The first-order valence-corrected chi connectivity index (χ1v) is 7.95. The van der Waals surface area contributed by atoms with Gasteiger partial charge in [-0.2, -0.15) is 0 Å². The Morgan fingerprint density at radius 1 is 1.52 bits per heavy atom. The predicted octanol–water partition coefficient (Wildman–Crippen LogP) is 3.11. The van der Waals surface area contributed by atoms with Crippen molar-refractivity contribution in [2.24, 2.45) is 5.73 Å². The molecule has 0 unspecified atom stereocenters. The number of rotatable bonds is 1. The molecule has 2 heterocycles. The molecule has 0 radical (unpaired) electrons. The molecule has 0 spiro atoms. The van der Waals surface area contributed by atoms with E-state index in [1.807, 2.05) is 22.9 Å². The molecule has 7 heteroatoms. The lowest BCUT2D eigenvalue weighted by Crippen LogP contribution is -2.32. The van der Waals surface area contributed by atoms with Gasteiger partial charge in [0, 0.05) is 35.1 Å². The maximum absolute atomic E-state index is 14.4. The Labute approximate surface area is 140 Å². The SMILES string of the molecule is Cc1c(Cl)cc2cc(C(=O)N3CC[C@@H](N)C3)n(I)c2c1F. The van der Waals surface area contributed by atoms with Crippen molar-refractivity contribution < 1.29 is 9.18 Å². The number of likely N-dealkylation sites (tertiary alicyclic amines) is 1. The Bertz CT molecular complexity index is 746. The summed E-state index contributed by atoms with van der Waals surface area (Å²) >= 11 is 7.97. The molecule has 0 bridgehead atoms. The summed E-state index contributed by atoms with van der Waals surface area (Å²) in [7, 11) is 0. The van der Waals surface area contributed by atoms with Crippen LogP contribution in [0.1, 0.15) is 22.5 Å². The third-order valence-electron chi connectivity index (χ3n) is 3.88. The average molecular weight is 422 g/mol. The van der Waals surface area contributed by atoms with E-state index in [1.165, 1.54) is 0 Å². The molecule has 1 aromatic carbocycles. The average Bonchev–Trinajstić information content (AvgIpc) is 3.00. The minimum Gasteiger partial charge on any atom is -0.336 e. The lowest BCUT2D eigenvalue weighted by Gasteiger charge is -2.15. The van der Waals surface area contributed by atoms with Crippen LogP contribution < -0.4 is 5.73 Å². The van der Waals surface area contributed by atoms with Gasteiger partial charge < -0.3 is 10.6 Å². The summed E-state index contributed by atoms with van der Waals surface area (Å²) in [4.78, 5) is 14.3. The molecule has 0 aliphatic carbocycles. The van der Waals surface area contributed by atoms with Gasteiger partial charge >= 0.3 is 0 Å². The van der Waals surface area contributed by atoms with Gasteiger partial charge in [-0.3, -0.25) is 7.58 Å². The van der Waals surface area contributed by atoms with Gasteiger partial charge in [0.2, 0.25) is 0 Å². The number of carbonyl (C=O) groups is 1. The van der Waals surface area contributed by atoms with Gasteiger partial charge in [0.05, 0.1) is 28.4 Å². The van der Waals surface area contributed by atoms with Crippen molar-refractivity contribution in [1.29, 1.82) is 0 Å². The summed E-state index contributed by atoms with van der Waals surface area (Å²) in [5, 5.41) is 0.994. The number of benzene rings is 1. The van der Waals surface area contributed by atoms with Crippen molar-refractivity contribution >= 4 is 51.3 Å². The number of amides is 1. The van der Waals surface area contributed by atoms with Crippen molar-refractivity contribution in [3.05, 3.63) is 34.2 Å². The van der Waals surface area contributed by atoms with Crippen molar-refractivity contribution in [1.82, 2.24) is 7.68 Å². The Morgan fingerprint density at radius 2 is 2.24 bits per heavy atom. The largest absolute Gasteiger partial charge is 0.336 e. The van der Waals surface area contributed by atoms with Crippen LogP contribution in [0, 0.1) is 12.7 Å². The fraction of sp³-hybridized carbons (Fsp3) is 0.357. The summed E-state index contributed by atoms with van der Waals surface area (Å²) in [6.07, 6.45) is 0.798. The number of aromatic nitrogens is 1. The van der Waals surface area contributed by atoms with E-state index in [1.54, 1.807) is 26.7 Å². The Hall–Kier alpha value is -0.860. The quantitative estimate of drug-likeness (QED) is 0.720. The topological polar surface area (TPSA) is 51.3 Å². The number of hydrogen-bond donors (Lipinski definition) is 1. The van der Waals surface area contributed by atoms with Crippen LogP contribution in [0.15, 0.2) is 12.1 Å². The maximum Gasteiger partial charge on any atom is 0.271 e. The van der Waals surface area contributed by atoms with Crippen LogP contribution in [0.5, 0.6) is 0 Å². The lowest BCUT2D eigenvalue weighted by molar-refractivity contribution is 0.0785. The molecule has 1 atom stereocenters. The normalized spacial score (nSPS) is 18.7. The number of nitrogens with zero attached hydrogens (tertiary/aromatic N) is 2. The van der Waals surface area contributed by atoms with Gasteiger partial charge in [-0.15, -0.1) is 0 Å². The van der Waals surface area contributed by atoms with Crippen molar-refractivity contribution in [2.45, 2.75) is 19.4 Å².